The highest BCUT2D eigenvalue weighted by Gasteiger charge is 2.62. The molecule has 1 fully saturated rings. The topological polar surface area (TPSA) is 67.2 Å². The third kappa shape index (κ3) is 2.02. The van der Waals surface area contributed by atoms with Gasteiger partial charge in [0.2, 0.25) is 0 Å². The molecule has 0 spiro atoms. The molecule has 5 heteroatoms. The molecule has 0 aliphatic heterocycles. The lowest BCUT2D eigenvalue weighted by Gasteiger charge is -2.08. The van der Waals surface area contributed by atoms with Crippen molar-refractivity contribution in [2.75, 3.05) is 13.7 Å². The van der Waals surface area contributed by atoms with Gasteiger partial charge < -0.3 is 4.74 Å². The molecular formula is C13H15NO3S. The highest BCUT2D eigenvalue weighted by Crippen LogP contribution is 2.52. The van der Waals surface area contributed by atoms with E-state index in [2.05, 4.69) is 6.07 Å². The summed E-state index contributed by atoms with van der Waals surface area (Å²) in [7, 11) is -1.95. The van der Waals surface area contributed by atoms with Crippen LogP contribution in [0.3, 0.4) is 0 Å². The second-order valence-electron chi connectivity index (χ2n) is 4.75. The van der Waals surface area contributed by atoms with Crippen LogP contribution in [-0.2, 0) is 14.6 Å². The van der Waals surface area contributed by atoms with Gasteiger partial charge in [0.25, 0.3) is 0 Å². The average molecular weight is 265 g/mol. The maximum Gasteiger partial charge on any atom is 0.182 e. The van der Waals surface area contributed by atoms with Crippen LogP contribution in [0.4, 0.5) is 0 Å². The lowest BCUT2D eigenvalue weighted by molar-refractivity contribution is 0.164. The maximum absolute atomic E-state index is 12.3. The van der Waals surface area contributed by atoms with Crippen LogP contribution in [0.2, 0.25) is 0 Å². The van der Waals surface area contributed by atoms with E-state index in [1.807, 2.05) is 6.92 Å². The number of hydrogen-bond donors (Lipinski definition) is 0. The van der Waals surface area contributed by atoms with Crippen LogP contribution in [0.25, 0.3) is 0 Å². The van der Waals surface area contributed by atoms with Gasteiger partial charge in [-0.1, -0.05) is 17.7 Å². The molecule has 96 valence electrons. The molecule has 0 bridgehead atoms. The normalized spacial score (nSPS) is 26.6. The zero-order valence-electron chi connectivity index (χ0n) is 10.4. The molecule has 2 atom stereocenters. The second kappa shape index (κ2) is 4.38. The van der Waals surface area contributed by atoms with E-state index in [0.29, 0.717) is 6.42 Å². The van der Waals surface area contributed by atoms with Gasteiger partial charge in [0.15, 0.2) is 9.84 Å². The van der Waals surface area contributed by atoms with Crippen molar-refractivity contribution in [3.8, 4) is 6.07 Å². The number of sulfone groups is 1. The molecule has 0 heterocycles. The van der Waals surface area contributed by atoms with Gasteiger partial charge in [-0.15, -0.1) is 0 Å². The van der Waals surface area contributed by atoms with Crippen molar-refractivity contribution in [2.24, 2.45) is 5.41 Å². The molecule has 0 N–H and O–H groups in total. The molecular weight excluding hydrogens is 250 g/mol. The second-order valence-corrected chi connectivity index (χ2v) is 6.88. The Morgan fingerprint density at radius 2 is 2.06 bits per heavy atom. The summed E-state index contributed by atoms with van der Waals surface area (Å²) in [6.45, 7) is 2.07. The molecule has 0 amide bonds. The van der Waals surface area contributed by atoms with Gasteiger partial charge in [0.05, 0.1) is 28.2 Å². The maximum atomic E-state index is 12.3. The highest BCUT2D eigenvalue weighted by molar-refractivity contribution is 7.92. The third-order valence-electron chi connectivity index (χ3n) is 3.35. The standard InChI is InChI=1S/C13H15NO3S/c1-10-3-5-11(6-4-10)18(15,16)12-7-13(12,8-14)9-17-2/h3-6,12H,7,9H2,1-2H3. The Bertz CT molecular complexity index is 586. The smallest absolute Gasteiger partial charge is 0.182 e. The fraction of sp³-hybridized carbons (Fsp3) is 0.462. The van der Waals surface area contributed by atoms with Crippen molar-refractivity contribution < 1.29 is 13.2 Å². The van der Waals surface area contributed by atoms with Crippen molar-refractivity contribution in [3.63, 3.8) is 0 Å². The number of hydrogen-bond acceptors (Lipinski definition) is 4. The van der Waals surface area contributed by atoms with Crippen molar-refractivity contribution >= 4 is 9.84 Å². The lowest BCUT2D eigenvalue weighted by Crippen LogP contribution is -2.19. The van der Waals surface area contributed by atoms with Crippen LogP contribution in [0.15, 0.2) is 29.2 Å². The van der Waals surface area contributed by atoms with Gasteiger partial charge in [0.1, 0.15) is 0 Å². The lowest BCUT2D eigenvalue weighted by atomic mass is 10.1. The molecule has 0 saturated heterocycles. The van der Waals surface area contributed by atoms with Crippen LogP contribution in [0, 0.1) is 23.7 Å². The highest BCUT2D eigenvalue weighted by atomic mass is 32.2. The predicted octanol–water partition coefficient (Wildman–Crippen LogP) is 1.70. The van der Waals surface area contributed by atoms with Gasteiger partial charge in [-0.05, 0) is 25.5 Å². The first-order chi connectivity index (χ1) is 8.46. The molecule has 1 aliphatic rings. The van der Waals surface area contributed by atoms with Crippen molar-refractivity contribution in [1.29, 1.82) is 5.26 Å². The molecule has 0 aromatic heterocycles. The summed E-state index contributed by atoms with van der Waals surface area (Å²) < 4.78 is 29.7. The SMILES string of the molecule is COCC1(C#N)CC1S(=O)(=O)c1ccc(C)cc1. The van der Waals surface area contributed by atoms with Gasteiger partial charge >= 0.3 is 0 Å². The molecule has 1 aliphatic carbocycles. The molecule has 4 nitrogen and oxygen atoms in total. The molecule has 1 aromatic rings. The van der Waals surface area contributed by atoms with E-state index >= 15 is 0 Å². The van der Waals surface area contributed by atoms with E-state index in [1.165, 1.54) is 7.11 Å². The number of ether oxygens (including phenoxy) is 1. The zero-order chi connectivity index (χ0) is 13.4. The van der Waals surface area contributed by atoms with Crippen LogP contribution in [0.5, 0.6) is 0 Å². The van der Waals surface area contributed by atoms with Gasteiger partial charge in [0, 0.05) is 7.11 Å². The van der Waals surface area contributed by atoms with E-state index in [0.717, 1.165) is 5.56 Å². The third-order valence-corrected chi connectivity index (χ3v) is 5.65. The summed E-state index contributed by atoms with van der Waals surface area (Å²) in [5.41, 5.74) is 0.145. The summed E-state index contributed by atoms with van der Waals surface area (Å²) in [5.74, 6) is 0. The van der Waals surface area contributed by atoms with E-state index in [1.54, 1.807) is 24.3 Å². The number of nitrogens with zero attached hydrogens (tertiary/aromatic N) is 1. The van der Waals surface area contributed by atoms with Crippen LogP contribution >= 0.6 is 0 Å². The van der Waals surface area contributed by atoms with E-state index < -0.39 is 20.5 Å². The first kappa shape index (κ1) is 13.1. The minimum absolute atomic E-state index is 0.166. The minimum Gasteiger partial charge on any atom is -0.383 e. The Labute approximate surface area is 107 Å². The predicted molar refractivity (Wildman–Crippen MR) is 66.7 cm³/mol. The average Bonchev–Trinajstić information content (AvgIpc) is 3.06. The quantitative estimate of drug-likeness (QED) is 0.831. The number of nitriles is 1. The summed E-state index contributed by atoms with van der Waals surface area (Å²) >= 11 is 0. The molecule has 1 aromatic carbocycles. The summed E-state index contributed by atoms with van der Waals surface area (Å²) in [6, 6.07) is 8.80. The summed E-state index contributed by atoms with van der Waals surface area (Å²) in [4.78, 5) is 0.284. The van der Waals surface area contributed by atoms with Gasteiger partial charge in [-0.2, -0.15) is 5.26 Å². The van der Waals surface area contributed by atoms with Gasteiger partial charge in [-0.25, -0.2) is 8.42 Å². The van der Waals surface area contributed by atoms with Crippen molar-refractivity contribution in [1.82, 2.24) is 0 Å². The minimum atomic E-state index is -3.43. The fourth-order valence-electron chi connectivity index (χ4n) is 2.13. The van der Waals surface area contributed by atoms with Crippen LogP contribution < -0.4 is 0 Å². The molecule has 1 saturated carbocycles. The molecule has 0 radical (unpaired) electrons. The van der Waals surface area contributed by atoms with Crippen LogP contribution in [-0.4, -0.2) is 27.4 Å². The molecule has 18 heavy (non-hydrogen) atoms. The number of aryl methyl sites for hydroxylation is 1. The fourth-order valence-corrected chi connectivity index (χ4v) is 4.21. The Morgan fingerprint density at radius 1 is 1.44 bits per heavy atom. The summed E-state index contributed by atoms with van der Waals surface area (Å²) in [5, 5.41) is 8.48. The first-order valence-corrected chi connectivity index (χ1v) is 7.22. The number of methoxy groups -OCH3 is 1. The summed E-state index contributed by atoms with van der Waals surface area (Å²) in [6.07, 6.45) is 0.355. The molecule has 2 unspecified atom stereocenters. The Morgan fingerprint density at radius 3 is 2.56 bits per heavy atom. The molecule has 2 rings (SSSR count). The first-order valence-electron chi connectivity index (χ1n) is 5.67. The number of rotatable bonds is 4. The van der Waals surface area contributed by atoms with Crippen molar-refractivity contribution in [2.45, 2.75) is 23.5 Å². The van der Waals surface area contributed by atoms with E-state index in [-0.39, 0.29) is 11.5 Å². The van der Waals surface area contributed by atoms with E-state index in [9.17, 15) is 8.42 Å². The van der Waals surface area contributed by atoms with Gasteiger partial charge in [-0.3, -0.25) is 0 Å². The Hall–Kier alpha value is -1.38. The van der Waals surface area contributed by atoms with E-state index in [4.69, 9.17) is 10.00 Å². The largest absolute Gasteiger partial charge is 0.383 e. The Balaban J connectivity index is 2.30. The zero-order valence-corrected chi connectivity index (χ0v) is 11.2. The van der Waals surface area contributed by atoms with Crippen LogP contribution in [0.1, 0.15) is 12.0 Å². The Kier molecular flexibility index (Phi) is 3.18. The number of benzene rings is 1. The monoisotopic (exact) mass is 265 g/mol. The van der Waals surface area contributed by atoms with Crippen molar-refractivity contribution in [3.05, 3.63) is 29.8 Å².